The fourth-order valence-electron chi connectivity index (χ4n) is 6.26. The molecule has 43 heavy (non-hydrogen) atoms. The van der Waals surface area contributed by atoms with Gasteiger partial charge in [-0.05, 0) is 82.1 Å². The highest BCUT2D eigenvalue weighted by Crippen LogP contribution is 2.39. The Morgan fingerprint density at radius 3 is 2.26 bits per heavy atom. The van der Waals surface area contributed by atoms with Gasteiger partial charge >= 0.3 is 0 Å². The molecule has 2 amide bonds. The molecule has 0 saturated carbocycles. The number of piperazine rings is 1. The second-order valence-electron chi connectivity index (χ2n) is 11.6. The van der Waals surface area contributed by atoms with Crippen molar-refractivity contribution in [2.45, 2.75) is 46.6 Å². The van der Waals surface area contributed by atoms with Gasteiger partial charge in [-0.3, -0.25) is 19.1 Å². The lowest BCUT2D eigenvalue weighted by Crippen LogP contribution is -2.50. The molecule has 0 bridgehead atoms. The van der Waals surface area contributed by atoms with Crippen molar-refractivity contribution in [2.75, 3.05) is 52.9 Å². The highest BCUT2D eigenvalue weighted by atomic mass is 16.3. The number of carbonyl (C=O) groups is 2. The second kappa shape index (κ2) is 13.1. The molecule has 11 heteroatoms. The maximum atomic E-state index is 13.0. The highest BCUT2D eigenvalue weighted by Gasteiger charge is 2.30. The van der Waals surface area contributed by atoms with E-state index in [4.69, 9.17) is 0 Å². The minimum absolute atomic E-state index is 0.0216. The number of phenols is 2. The van der Waals surface area contributed by atoms with E-state index in [1.54, 1.807) is 4.57 Å². The smallest absolute Gasteiger partial charge is 0.289 e. The van der Waals surface area contributed by atoms with Crippen molar-refractivity contribution in [1.29, 1.82) is 0 Å². The van der Waals surface area contributed by atoms with Gasteiger partial charge in [-0.15, -0.1) is 10.2 Å². The number of nitrogens with zero attached hydrogens (tertiary/aromatic N) is 6. The summed E-state index contributed by atoms with van der Waals surface area (Å²) in [6.07, 6.45) is 2.31. The monoisotopic (exact) mass is 589 g/mol. The fourth-order valence-corrected chi connectivity index (χ4v) is 6.26. The Bertz CT molecular complexity index is 1450. The average Bonchev–Trinajstić information content (AvgIpc) is 3.43. The Kier molecular flexibility index (Phi) is 9.31. The molecule has 3 aromatic rings. The van der Waals surface area contributed by atoms with Crippen LogP contribution >= 0.6 is 0 Å². The van der Waals surface area contributed by atoms with Crippen LogP contribution in [0.15, 0.2) is 30.3 Å². The molecule has 3 heterocycles. The highest BCUT2D eigenvalue weighted by molar-refractivity contribution is 5.92. The van der Waals surface area contributed by atoms with Gasteiger partial charge in [-0.25, -0.2) is 0 Å². The van der Waals surface area contributed by atoms with Crippen LogP contribution in [0.2, 0.25) is 0 Å². The number of likely N-dealkylation sites (N-methyl/N-ethyl adjacent to an activating group) is 1. The van der Waals surface area contributed by atoms with E-state index in [1.165, 1.54) is 6.07 Å². The number of aromatic hydroxyl groups is 2. The van der Waals surface area contributed by atoms with E-state index in [1.807, 2.05) is 49.9 Å². The number of carbonyl (C=O) groups excluding carboxylic acids is 2. The third-order valence-corrected chi connectivity index (χ3v) is 8.80. The molecule has 2 fully saturated rings. The number of hydrogen-bond acceptors (Lipinski definition) is 8. The topological polar surface area (TPSA) is 127 Å². The number of benzene rings is 2. The first-order valence-electron chi connectivity index (χ1n) is 15.3. The fraction of sp³-hybridized carbons (Fsp3) is 0.500. The number of nitrogens with one attached hydrogen (secondary N) is 1. The van der Waals surface area contributed by atoms with Gasteiger partial charge in [0.1, 0.15) is 11.5 Å². The molecule has 0 radical (unpaired) electrons. The van der Waals surface area contributed by atoms with Gasteiger partial charge in [0, 0.05) is 56.9 Å². The zero-order chi connectivity index (χ0) is 30.7. The zero-order valence-electron chi connectivity index (χ0n) is 25.6. The first-order valence-corrected chi connectivity index (χ1v) is 15.3. The normalized spacial score (nSPS) is 16.9. The lowest BCUT2D eigenvalue weighted by molar-refractivity contribution is -0.138. The zero-order valence-corrected chi connectivity index (χ0v) is 25.6. The molecule has 0 spiro atoms. The summed E-state index contributed by atoms with van der Waals surface area (Å²) in [7, 11) is 2.10. The van der Waals surface area contributed by atoms with E-state index in [0.29, 0.717) is 47.1 Å². The largest absolute Gasteiger partial charge is 0.508 e. The number of piperidine rings is 1. The summed E-state index contributed by atoms with van der Waals surface area (Å²) in [5, 5.41) is 32.6. The van der Waals surface area contributed by atoms with Crippen molar-refractivity contribution in [3.63, 3.8) is 0 Å². The van der Waals surface area contributed by atoms with Crippen molar-refractivity contribution in [3.8, 4) is 28.6 Å². The van der Waals surface area contributed by atoms with Crippen LogP contribution in [0.5, 0.6) is 11.5 Å². The van der Waals surface area contributed by atoms with E-state index in [9.17, 15) is 19.8 Å². The van der Waals surface area contributed by atoms with Crippen molar-refractivity contribution >= 4 is 11.8 Å². The number of rotatable bonds is 8. The van der Waals surface area contributed by atoms with Crippen molar-refractivity contribution in [1.82, 2.24) is 34.8 Å². The number of phenolic OH excluding ortho intramolecular Hbond substituents is 2. The number of hydrogen-bond donors (Lipinski definition) is 3. The van der Waals surface area contributed by atoms with E-state index in [0.717, 1.165) is 64.2 Å². The standard InChI is InChI=1S/C32H43N7O4/c1-5-25-21(3)28(27(41)19-26(25)40)29-34-35-30(31(42)33-6-2)39(29)24-9-7-22(8-10-24)20-37-13-11-23(12-14-37)32(43)38-17-15-36(4)16-18-38/h7-10,19,23,40-41H,5-6,11-18,20H2,1-4H3,(H,33,42). The molecule has 1 aromatic heterocycles. The van der Waals surface area contributed by atoms with Crippen LogP contribution in [0.3, 0.4) is 0 Å². The van der Waals surface area contributed by atoms with Crippen LogP contribution in [-0.2, 0) is 17.8 Å². The molecule has 0 unspecified atom stereocenters. The predicted molar refractivity (Wildman–Crippen MR) is 164 cm³/mol. The molecule has 2 aliphatic rings. The van der Waals surface area contributed by atoms with Gasteiger partial charge in [-0.1, -0.05) is 19.1 Å². The maximum Gasteiger partial charge on any atom is 0.289 e. The molecule has 0 aliphatic carbocycles. The van der Waals surface area contributed by atoms with Gasteiger partial charge < -0.3 is 25.3 Å². The van der Waals surface area contributed by atoms with Crippen LogP contribution in [0, 0.1) is 12.8 Å². The minimum atomic E-state index is -0.369. The van der Waals surface area contributed by atoms with Gasteiger partial charge in [-0.2, -0.15) is 0 Å². The van der Waals surface area contributed by atoms with Crippen molar-refractivity contribution < 1.29 is 19.8 Å². The molecule has 11 nitrogen and oxygen atoms in total. The van der Waals surface area contributed by atoms with Crippen LogP contribution in [-0.4, -0.2) is 104 Å². The summed E-state index contributed by atoms with van der Waals surface area (Å²) in [6.45, 7) is 12.1. The Morgan fingerprint density at radius 2 is 1.63 bits per heavy atom. The number of likely N-dealkylation sites (tertiary alicyclic amines) is 1. The van der Waals surface area contributed by atoms with Gasteiger partial charge in [0.15, 0.2) is 5.82 Å². The van der Waals surface area contributed by atoms with Crippen LogP contribution in [0.1, 0.15) is 54.0 Å². The summed E-state index contributed by atoms with van der Waals surface area (Å²) in [6, 6.07) is 9.24. The van der Waals surface area contributed by atoms with Gasteiger partial charge in [0.25, 0.3) is 5.91 Å². The molecule has 5 rings (SSSR count). The SMILES string of the molecule is CCNC(=O)c1nnc(-c2c(O)cc(O)c(CC)c2C)n1-c1ccc(CN2CCC(C(=O)N3CCN(C)CC3)CC2)cc1. The molecular weight excluding hydrogens is 546 g/mol. The van der Waals surface area contributed by atoms with Gasteiger partial charge in [0.2, 0.25) is 11.7 Å². The summed E-state index contributed by atoms with van der Waals surface area (Å²) in [5.41, 5.74) is 3.62. The third kappa shape index (κ3) is 6.37. The first kappa shape index (κ1) is 30.5. The quantitative estimate of drug-likeness (QED) is 0.366. The summed E-state index contributed by atoms with van der Waals surface area (Å²) in [4.78, 5) is 32.7. The maximum absolute atomic E-state index is 13.0. The minimum Gasteiger partial charge on any atom is -0.508 e. The van der Waals surface area contributed by atoms with Crippen LogP contribution in [0.25, 0.3) is 17.1 Å². The molecule has 2 aromatic carbocycles. The Labute approximate surface area is 253 Å². The van der Waals surface area contributed by atoms with E-state index in [-0.39, 0.29) is 29.1 Å². The van der Waals surface area contributed by atoms with E-state index >= 15 is 0 Å². The molecule has 230 valence electrons. The summed E-state index contributed by atoms with van der Waals surface area (Å²) < 4.78 is 1.66. The summed E-state index contributed by atoms with van der Waals surface area (Å²) in [5.74, 6) is 0.377. The molecule has 2 aliphatic heterocycles. The first-order chi connectivity index (χ1) is 20.7. The Morgan fingerprint density at radius 1 is 0.953 bits per heavy atom. The molecule has 0 atom stereocenters. The van der Waals surface area contributed by atoms with E-state index < -0.39 is 0 Å². The predicted octanol–water partition coefficient (Wildman–Crippen LogP) is 2.95. The number of amides is 2. The van der Waals surface area contributed by atoms with Crippen molar-refractivity contribution in [2.24, 2.45) is 5.92 Å². The molecular formula is C32H43N7O4. The lowest BCUT2D eigenvalue weighted by Gasteiger charge is -2.37. The average molecular weight is 590 g/mol. The molecule has 3 N–H and O–H groups in total. The van der Waals surface area contributed by atoms with Crippen molar-refractivity contribution in [3.05, 3.63) is 52.8 Å². The second-order valence-corrected chi connectivity index (χ2v) is 11.6. The number of aromatic nitrogens is 3. The van der Waals surface area contributed by atoms with Crippen LogP contribution < -0.4 is 5.32 Å². The van der Waals surface area contributed by atoms with Crippen LogP contribution in [0.4, 0.5) is 0 Å². The third-order valence-electron chi connectivity index (χ3n) is 8.80. The Balaban J connectivity index is 1.34. The lowest BCUT2D eigenvalue weighted by atomic mass is 9.94. The van der Waals surface area contributed by atoms with E-state index in [2.05, 4.69) is 32.4 Å². The summed E-state index contributed by atoms with van der Waals surface area (Å²) >= 11 is 0. The Hall–Kier alpha value is -3.96. The van der Waals surface area contributed by atoms with Gasteiger partial charge in [0.05, 0.1) is 5.56 Å². The molecule has 2 saturated heterocycles.